The van der Waals surface area contributed by atoms with Crippen LogP contribution in [0.15, 0.2) is 36.5 Å². The van der Waals surface area contributed by atoms with E-state index in [4.69, 9.17) is 27.9 Å². The normalized spacial score (nSPS) is 19.9. The molecule has 0 bridgehead atoms. The van der Waals surface area contributed by atoms with Gasteiger partial charge < -0.3 is 15.0 Å². The highest BCUT2D eigenvalue weighted by Crippen LogP contribution is 2.29. The van der Waals surface area contributed by atoms with Gasteiger partial charge in [0, 0.05) is 25.3 Å². The lowest BCUT2D eigenvalue weighted by Crippen LogP contribution is -2.49. The summed E-state index contributed by atoms with van der Waals surface area (Å²) in [4.78, 5) is 33.2. The second kappa shape index (κ2) is 9.42. The largest absolute Gasteiger partial charge is 0.494 e. The lowest BCUT2D eigenvalue weighted by atomic mass is 10.0. The SMILES string of the molecule is CCOc1ccc(N2C(=O)C[C@@H](NC3CCN(c4ncc(Cl)cc4Cl)CC3)C2=O)cc1. The molecule has 0 aliphatic carbocycles. The number of nitrogens with one attached hydrogen (secondary N) is 1. The van der Waals surface area contributed by atoms with Crippen molar-refractivity contribution in [1.29, 1.82) is 0 Å². The number of hydrogen-bond acceptors (Lipinski definition) is 6. The molecular weight excluding hydrogens is 439 g/mol. The third-order valence-electron chi connectivity index (χ3n) is 5.57. The van der Waals surface area contributed by atoms with Crippen LogP contribution in [-0.2, 0) is 9.59 Å². The molecule has 0 unspecified atom stereocenters. The molecule has 2 saturated heterocycles. The zero-order chi connectivity index (χ0) is 22.0. The van der Waals surface area contributed by atoms with E-state index in [1.807, 2.05) is 6.92 Å². The monoisotopic (exact) mass is 462 g/mol. The Morgan fingerprint density at radius 2 is 1.87 bits per heavy atom. The molecule has 0 spiro atoms. The highest BCUT2D eigenvalue weighted by molar-refractivity contribution is 6.36. The molecule has 164 valence electrons. The molecule has 9 heteroatoms. The average Bonchev–Trinajstić information content (AvgIpc) is 3.03. The number of carbonyl (C=O) groups is 2. The van der Waals surface area contributed by atoms with Crippen LogP contribution in [0.2, 0.25) is 10.0 Å². The molecule has 1 N–H and O–H groups in total. The fourth-order valence-corrected chi connectivity index (χ4v) is 4.57. The number of nitrogens with zero attached hydrogens (tertiary/aromatic N) is 3. The lowest BCUT2D eigenvalue weighted by Gasteiger charge is -2.34. The maximum absolute atomic E-state index is 12.9. The van der Waals surface area contributed by atoms with Gasteiger partial charge in [0.15, 0.2) is 0 Å². The molecule has 2 aliphatic heterocycles. The van der Waals surface area contributed by atoms with Crippen LogP contribution in [0.4, 0.5) is 11.5 Å². The minimum Gasteiger partial charge on any atom is -0.494 e. The highest BCUT2D eigenvalue weighted by Gasteiger charge is 2.40. The van der Waals surface area contributed by atoms with Gasteiger partial charge in [0.25, 0.3) is 5.91 Å². The van der Waals surface area contributed by atoms with E-state index in [9.17, 15) is 9.59 Å². The van der Waals surface area contributed by atoms with E-state index in [1.54, 1.807) is 36.5 Å². The maximum atomic E-state index is 12.9. The molecule has 3 heterocycles. The van der Waals surface area contributed by atoms with E-state index in [2.05, 4.69) is 15.2 Å². The summed E-state index contributed by atoms with van der Waals surface area (Å²) >= 11 is 12.2. The van der Waals surface area contributed by atoms with Crippen LogP contribution >= 0.6 is 23.2 Å². The fourth-order valence-electron chi connectivity index (χ4n) is 4.07. The van der Waals surface area contributed by atoms with Crippen LogP contribution in [-0.4, -0.2) is 48.6 Å². The van der Waals surface area contributed by atoms with E-state index < -0.39 is 6.04 Å². The summed E-state index contributed by atoms with van der Waals surface area (Å²) in [6.07, 6.45) is 3.39. The molecule has 1 aromatic carbocycles. The Kier molecular flexibility index (Phi) is 6.65. The molecule has 0 radical (unpaired) electrons. The van der Waals surface area contributed by atoms with E-state index in [-0.39, 0.29) is 24.3 Å². The van der Waals surface area contributed by atoms with Gasteiger partial charge in [-0.25, -0.2) is 9.88 Å². The maximum Gasteiger partial charge on any atom is 0.251 e. The van der Waals surface area contributed by atoms with Crippen molar-refractivity contribution in [2.75, 3.05) is 29.5 Å². The van der Waals surface area contributed by atoms with Crippen molar-refractivity contribution >= 4 is 46.5 Å². The third kappa shape index (κ3) is 4.79. The van der Waals surface area contributed by atoms with Gasteiger partial charge in [-0.15, -0.1) is 0 Å². The summed E-state index contributed by atoms with van der Waals surface area (Å²) in [6, 6.07) is 8.35. The van der Waals surface area contributed by atoms with Crippen LogP contribution in [0.3, 0.4) is 0 Å². The van der Waals surface area contributed by atoms with E-state index in [0.29, 0.717) is 28.1 Å². The Morgan fingerprint density at radius 3 is 2.52 bits per heavy atom. The van der Waals surface area contributed by atoms with Gasteiger partial charge in [0.2, 0.25) is 5.91 Å². The van der Waals surface area contributed by atoms with Crippen LogP contribution in [0, 0.1) is 0 Å². The van der Waals surface area contributed by atoms with Crippen molar-refractivity contribution in [3.63, 3.8) is 0 Å². The van der Waals surface area contributed by atoms with Crippen molar-refractivity contribution in [3.8, 4) is 5.75 Å². The summed E-state index contributed by atoms with van der Waals surface area (Å²) in [5.74, 6) is 1.03. The molecule has 2 amide bonds. The quantitative estimate of drug-likeness (QED) is 0.659. The molecule has 31 heavy (non-hydrogen) atoms. The Hall–Kier alpha value is -2.35. The summed E-state index contributed by atoms with van der Waals surface area (Å²) in [5.41, 5.74) is 0.570. The average molecular weight is 463 g/mol. The van der Waals surface area contributed by atoms with Crippen molar-refractivity contribution in [3.05, 3.63) is 46.6 Å². The number of aromatic nitrogens is 1. The van der Waals surface area contributed by atoms with Crippen LogP contribution in [0.5, 0.6) is 5.75 Å². The van der Waals surface area contributed by atoms with Crippen molar-refractivity contribution in [2.45, 2.75) is 38.3 Å². The van der Waals surface area contributed by atoms with Gasteiger partial charge >= 0.3 is 0 Å². The number of anilines is 2. The number of halogens is 2. The topological polar surface area (TPSA) is 74.8 Å². The Labute approximate surface area is 191 Å². The highest BCUT2D eigenvalue weighted by atomic mass is 35.5. The summed E-state index contributed by atoms with van der Waals surface area (Å²) < 4.78 is 5.43. The minimum absolute atomic E-state index is 0.143. The molecule has 4 rings (SSSR count). The first kappa shape index (κ1) is 21.9. The number of rotatable bonds is 6. The predicted molar refractivity (Wildman–Crippen MR) is 121 cm³/mol. The van der Waals surface area contributed by atoms with Gasteiger partial charge in [-0.05, 0) is 50.1 Å². The Bertz CT molecular complexity index is 962. The first-order valence-corrected chi connectivity index (χ1v) is 11.1. The number of ether oxygens (including phenoxy) is 1. The van der Waals surface area contributed by atoms with Crippen molar-refractivity contribution < 1.29 is 14.3 Å². The Balaban J connectivity index is 1.35. The van der Waals surface area contributed by atoms with Gasteiger partial charge in [0.05, 0.1) is 34.8 Å². The molecule has 2 fully saturated rings. The zero-order valence-electron chi connectivity index (χ0n) is 17.2. The number of carbonyl (C=O) groups excluding carboxylic acids is 2. The van der Waals surface area contributed by atoms with Gasteiger partial charge in [0.1, 0.15) is 11.6 Å². The van der Waals surface area contributed by atoms with Crippen LogP contribution in [0.1, 0.15) is 26.2 Å². The molecule has 7 nitrogen and oxygen atoms in total. The fraction of sp³-hybridized carbons (Fsp3) is 0.409. The van der Waals surface area contributed by atoms with E-state index >= 15 is 0 Å². The summed E-state index contributed by atoms with van der Waals surface area (Å²) in [7, 11) is 0. The third-order valence-corrected chi connectivity index (χ3v) is 6.06. The molecular formula is C22H24Cl2N4O3. The molecule has 2 aromatic rings. The van der Waals surface area contributed by atoms with E-state index in [0.717, 1.165) is 31.7 Å². The first-order chi connectivity index (χ1) is 15.0. The van der Waals surface area contributed by atoms with Crippen molar-refractivity contribution in [2.24, 2.45) is 0 Å². The van der Waals surface area contributed by atoms with Crippen LogP contribution in [0.25, 0.3) is 0 Å². The standard InChI is InChI=1S/C22H24Cl2N4O3/c1-2-31-17-5-3-16(4-6-17)28-20(29)12-19(22(28)30)26-15-7-9-27(10-8-15)21-18(24)11-14(23)13-25-21/h3-6,11,13,15,19,26H,2,7-10,12H2,1H3/t19-/m1/s1. The minimum atomic E-state index is -0.507. The smallest absolute Gasteiger partial charge is 0.251 e. The number of pyridine rings is 1. The second-order valence-electron chi connectivity index (χ2n) is 7.64. The van der Waals surface area contributed by atoms with Crippen LogP contribution < -0.4 is 19.9 Å². The van der Waals surface area contributed by atoms with E-state index in [1.165, 1.54) is 4.90 Å². The molecule has 0 saturated carbocycles. The molecule has 1 aromatic heterocycles. The number of piperidine rings is 1. The van der Waals surface area contributed by atoms with Gasteiger partial charge in [-0.2, -0.15) is 0 Å². The number of amides is 2. The van der Waals surface area contributed by atoms with Gasteiger partial charge in [-0.1, -0.05) is 23.2 Å². The number of imide groups is 1. The molecule has 1 atom stereocenters. The summed E-state index contributed by atoms with van der Waals surface area (Å²) in [5, 5.41) is 4.42. The molecule has 2 aliphatic rings. The Morgan fingerprint density at radius 1 is 1.16 bits per heavy atom. The van der Waals surface area contributed by atoms with Gasteiger partial charge in [-0.3, -0.25) is 9.59 Å². The van der Waals surface area contributed by atoms with Crippen molar-refractivity contribution in [1.82, 2.24) is 10.3 Å². The number of benzene rings is 1. The summed E-state index contributed by atoms with van der Waals surface area (Å²) in [6.45, 7) is 3.97. The second-order valence-corrected chi connectivity index (χ2v) is 8.48. The lowest BCUT2D eigenvalue weighted by molar-refractivity contribution is -0.121. The number of hydrogen-bond donors (Lipinski definition) is 1. The zero-order valence-corrected chi connectivity index (χ0v) is 18.7. The first-order valence-electron chi connectivity index (χ1n) is 10.4. The predicted octanol–water partition coefficient (Wildman–Crippen LogP) is 3.68.